The van der Waals surface area contributed by atoms with Crippen LogP contribution in [0.1, 0.15) is 37.0 Å². The molecule has 0 aliphatic carbocycles. The number of nitrogens with zero attached hydrogens (tertiary/aromatic N) is 2. The van der Waals surface area contributed by atoms with Gasteiger partial charge in [0.15, 0.2) is 0 Å². The van der Waals surface area contributed by atoms with E-state index in [0.29, 0.717) is 29.1 Å². The lowest BCUT2D eigenvalue weighted by Crippen LogP contribution is -2.47. The van der Waals surface area contributed by atoms with E-state index in [1.54, 1.807) is 24.7 Å². The number of esters is 2. The normalized spacial score (nSPS) is 18.7. The Morgan fingerprint density at radius 3 is 2.77 bits per heavy atom. The summed E-state index contributed by atoms with van der Waals surface area (Å²) < 4.78 is 17.7. The Morgan fingerprint density at radius 2 is 2.06 bits per heavy atom. The Balaban J connectivity index is 1.75. The molecular weight excluding hydrogens is 400 g/mol. The molecule has 1 aromatic carbocycles. The first-order chi connectivity index (χ1) is 14.9. The van der Waals surface area contributed by atoms with E-state index in [9.17, 15) is 14.4 Å². The number of methoxy groups -OCH3 is 1. The van der Waals surface area contributed by atoms with Crippen LogP contribution in [-0.4, -0.2) is 28.6 Å². The van der Waals surface area contributed by atoms with Crippen molar-refractivity contribution in [3.8, 4) is 17.1 Å². The van der Waals surface area contributed by atoms with Crippen molar-refractivity contribution < 1.29 is 23.8 Å². The van der Waals surface area contributed by atoms with Crippen molar-refractivity contribution in [2.45, 2.75) is 39.0 Å². The third-order valence-corrected chi connectivity index (χ3v) is 6.00. The minimum absolute atomic E-state index is 0.152. The number of benzene rings is 1. The molecule has 2 aliphatic heterocycles. The number of pyridine rings is 2. The van der Waals surface area contributed by atoms with Gasteiger partial charge in [-0.15, -0.1) is 0 Å². The number of cyclic esters (lactones) is 1. The molecule has 8 heteroatoms. The van der Waals surface area contributed by atoms with Crippen molar-refractivity contribution in [1.29, 1.82) is 0 Å². The lowest BCUT2D eigenvalue weighted by molar-refractivity contribution is -0.188. The van der Waals surface area contributed by atoms with E-state index >= 15 is 0 Å². The van der Waals surface area contributed by atoms with Crippen molar-refractivity contribution in [2.75, 3.05) is 7.11 Å². The molecule has 0 saturated carbocycles. The van der Waals surface area contributed by atoms with E-state index in [1.807, 2.05) is 24.3 Å². The van der Waals surface area contributed by atoms with Crippen LogP contribution in [0, 0.1) is 0 Å². The lowest BCUT2D eigenvalue weighted by Gasteiger charge is -2.35. The fourth-order valence-electron chi connectivity index (χ4n) is 4.49. The average molecular weight is 420 g/mol. The zero-order chi connectivity index (χ0) is 21.9. The van der Waals surface area contributed by atoms with Crippen LogP contribution in [-0.2, 0) is 37.8 Å². The maximum atomic E-state index is 13.3. The van der Waals surface area contributed by atoms with Crippen molar-refractivity contribution in [2.24, 2.45) is 0 Å². The molecule has 0 amide bonds. The van der Waals surface area contributed by atoms with Gasteiger partial charge in [0.2, 0.25) is 5.60 Å². The predicted octanol–water partition coefficient (Wildman–Crippen LogP) is 2.66. The first-order valence-electron chi connectivity index (χ1n) is 10.00. The second-order valence-corrected chi connectivity index (χ2v) is 7.72. The first-order valence-corrected chi connectivity index (χ1v) is 10.00. The topological polar surface area (TPSA) is 96.7 Å². The molecule has 5 rings (SSSR count). The Kier molecular flexibility index (Phi) is 4.15. The number of hydrogen-bond acceptors (Lipinski definition) is 7. The van der Waals surface area contributed by atoms with Gasteiger partial charge in [-0.2, -0.15) is 0 Å². The molecule has 0 fully saturated rings. The van der Waals surface area contributed by atoms with Crippen LogP contribution in [0.3, 0.4) is 0 Å². The molecule has 31 heavy (non-hydrogen) atoms. The minimum Gasteiger partial charge on any atom is -0.497 e. The van der Waals surface area contributed by atoms with Gasteiger partial charge in [0.05, 0.1) is 36.1 Å². The van der Waals surface area contributed by atoms with Gasteiger partial charge in [0, 0.05) is 23.4 Å². The highest BCUT2D eigenvalue weighted by atomic mass is 16.6. The molecule has 3 aromatic rings. The van der Waals surface area contributed by atoms with E-state index in [2.05, 4.69) is 0 Å². The molecule has 0 bridgehead atoms. The van der Waals surface area contributed by atoms with E-state index in [-0.39, 0.29) is 18.6 Å². The number of ether oxygens (including phenoxy) is 3. The van der Waals surface area contributed by atoms with Crippen molar-refractivity contribution in [3.63, 3.8) is 0 Å². The van der Waals surface area contributed by atoms with Gasteiger partial charge in [-0.25, -0.2) is 9.78 Å². The van der Waals surface area contributed by atoms with Crippen LogP contribution < -0.4 is 10.3 Å². The fraction of sp³-hybridized carbons (Fsp3) is 0.304. The summed E-state index contributed by atoms with van der Waals surface area (Å²) in [5.74, 6) is -0.563. The maximum absolute atomic E-state index is 13.3. The third kappa shape index (κ3) is 2.67. The van der Waals surface area contributed by atoms with Gasteiger partial charge >= 0.3 is 11.9 Å². The van der Waals surface area contributed by atoms with Crippen LogP contribution in [0.25, 0.3) is 22.3 Å². The van der Waals surface area contributed by atoms with Gasteiger partial charge in [-0.05, 0) is 36.8 Å². The Bertz CT molecular complexity index is 1340. The lowest BCUT2D eigenvalue weighted by atomic mass is 9.85. The largest absolute Gasteiger partial charge is 0.497 e. The number of rotatable bonds is 3. The number of aromatic nitrogens is 2. The summed E-state index contributed by atoms with van der Waals surface area (Å²) in [6, 6.07) is 9.33. The highest BCUT2D eigenvalue weighted by Crippen LogP contribution is 2.41. The van der Waals surface area contributed by atoms with Gasteiger partial charge in [-0.1, -0.05) is 6.92 Å². The Morgan fingerprint density at radius 1 is 1.26 bits per heavy atom. The molecule has 0 unspecified atom stereocenters. The second-order valence-electron chi connectivity index (χ2n) is 7.72. The summed E-state index contributed by atoms with van der Waals surface area (Å²) in [6.07, 6.45) is 0.152. The molecule has 0 saturated heterocycles. The molecule has 0 spiro atoms. The van der Waals surface area contributed by atoms with Gasteiger partial charge in [0.25, 0.3) is 5.56 Å². The highest BCUT2D eigenvalue weighted by molar-refractivity contribution is 5.88. The minimum atomic E-state index is -1.64. The smallest absolute Gasteiger partial charge is 0.355 e. The fourth-order valence-corrected chi connectivity index (χ4v) is 4.49. The predicted molar refractivity (Wildman–Crippen MR) is 111 cm³/mol. The van der Waals surface area contributed by atoms with Gasteiger partial charge < -0.3 is 18.8 Å². The number of fused-ring (bicyclic) bond motifs is 5. The molecule has 4 heterocycles. The van der Waals surface area contributed by atoms with Crippen LogP contribution >= 0.6 is 0 Å². The molecule has 8 nitrogen and oxygen atoms in total. The van der Waals surface area contributed by atoms with Crippen LogP contribution in [0.2, 0.25) is 0 Å². The van der Waals surface area contributed by atoms with Crippen LogP contribution in [0.5, 0.6) is 5.75 Å². The molecule has 0 N–H and O–H groups in total. The first kappa shape index (κ1) is 19.3. The molecule has 1 atom stereocenters. The van der Waals surface area contributed by atoms with E-state index in [4.69, 9.17) is 19.2 Å². The summed E-state index contributed by atoms with van der Waals surface area (Å²) in [7, 11) is 1.61. The summed E-state index contributed by atoms with van der Waals surface area (Å²) in [5, 5.41) is 0.907. The summed E-state index contributed by atoms with van der Waals surface area (Å²) in [6.45, 7) is 3.16. The van der Waals surface area contributed by atoms with E-state index in [0.717, 1.165) is 22.2 Å². The van der Waals surface area contributed by atoms with Crippen LogP contribution in [0.15, 0.2) is 35.1 Å². The van der Waals surface area contributed by atoms with Gasteiger partial charge in [-0.3, -0.25) is 9.59 Å². The van der Waals surface area contributed by atoms with Crippen molar-refractivity contribution >= 4 is 22.8 Å². The SMILES string of the molecule is CC[C@@]1(OC(C)=O)C(=O)OCc2c1cc1n(c2=O)Cc2cc3cc(OC)ccc3nc2-1. The third-order valence-electron chi connectivity index (χ3n) is 6.00. The molecular formula is C23H20N2O6. The van der Waals surface area contributed by atoms with Crippen molar-refractivity contribution in [1.82, 2.24) is 9.55 Å². The molecule has 2 aromatic heterocycles. The van der Waals surface area contributed by atoms with Crippen molar-refractivity contribution in [3.05, 3.63) is 57.4 Å². The van der Waals surface area contributed by atoms with Gasteiger partial charge in [0.1, 0.15) is 12.4 Å². The Hall–Kier alpha value is -3.68. The zero-order valence-corrected chi connectivity index (χ0v) is 17.4. The van der Waals surface area contributed by atoms with Crippen LogP contribution in [0.4, 0.5) is 0 Å². The quantitative estimate of drug-likeness (QED) is 0.470. The summed E-state index contributed by atoms with van der Waals surface area (Å²) in [5.41, 5.74) is 1.71. The second kappa shape index (κ2) is 6.66. The molecule has 0 radical (unpaired) electrons. The number of hydrogen-bond donors (Lipinski definition) is 0. The maximum Gasteiger partial charge on any atom is 0.355 e. The monoisotopic (exact) mass is 420 g/mol. The zero-order valence-electron chi connectivity index (χ0n) is 17.4. The summed E-state index contributed by atoms with van der Waals surface area (Å²) >= 11 is 0. The van der Waals surface area contributed by atoms with E-state index in [1.165, 1.54) is 6.92 Å². The number of carbonyl (C=O) groups is 2. The standard InChI is InChI=1S/C23H20N2O6/c1-4-23(31-12(2)26)17-9-19-20-14(7-13-8-15(29-3)5-6-18(13)24-20)10-25(19)21(27)16(17)11-30-22(23)28/h5-9H,4,10-11H2,1-3H3/t23-/m0/s1. The van der Waals surface area contributed by atoms with E-state index < -0.39 is 17.5 Å². The highest BCUT2D eigenvalue weighted by Gasteiger charge is 2.50. The molecule has 158 valence electrons. The Labute approximate surface area is 177 Å². The average Bonchev–Trinajstić information content (AvgIpc) is 3.11. The number of carbonyl (C=O) groups excluding carboxylic acids is 2. The summed E-state index contributed by atoms with van der Waals surface area (Å²) in [4.78, 5) is 42.6. The molecule has 2 aliphatic rings.